The summed E-state index contributed by atoms with van der Waals surface area (Å²) in [6, 6.07) is 14.3. The van der Waals surface area contributed by atoms with Gasteiger partial charge >= 0.3 is 0 Å². The van der Waals surface area contributed by atoms with Crippen LogP contribution in [0.25, 0.3) is 0 Å². The number of rotatable bonds is 6. The highest BCUT2D eigenvalue weighted by Gasteiger charge is 2.37. The second-order valence-electron chi connectivity index (χ2n) is 9.21. The molecule has 1 saturated carbocycles. The molecule has 2 amide bonds. The standard InChI is InChI=1S/C26H30N4O4/c31-24(19-5-1-2-6-19)23-15-27-13-14-29(23)26(33)20-11-9-18(10-12-20)17-34-30-16-21-7-3-4-8-22(21)25(32)28-30/h3-4,7-12,19,23,27H,1-2,5-6,13-17H2,(H,28,32). The minimum atomic E-state index is -0.391. The van der Waals surface area contributed by atoms with E-state index in [1.165, 1.54) is 5.17 Å². The van der Waals surface area contributed by atoms with Gasteiger partial charge in [0.15, 0.2) is 5.78 Å². The van der Waals surface area contributed by atoms with Gasteiger partial charge in [0.2, 0.25) is 0 Å². The second kappa shape index (κ2) is 10.0. The number of hydrazine groups is 1. The summed E-state index contributed by atoms with van der Waals surface area (Å²) < 4.78 is 0. The predicted octanol–water partition coefficient (Wildman–Crippen LogP) is 2.45. The van der Waals surface area contributed by atoms with Gasteiger partial charge in [-0.05, 0) is 42.2 Å². The van der Waals surface area contributed by atoms with E-state index in [-0.39, 0.29) is 30.1 Å². The van der Waals surface area contributed by atoms with Crippen LogP contribution < -0.4 is 10.7 Å². The molecule has 1 saturated heterocycles. The van der Waals surface area contributed by atoms with E-state index < -0.39 is 6.04 Å². The molecular weight excluding hydrogens is 432 g/mol. The summed E-state index contributed by atoms with van der Waals surface area (Å²) in [7, 11) is 0. The third kappa shape index (κ3) is 4.75. The van der Waals surface area contributed by atoms with E-state index in [0.717, 1.165) is 36.8 Å². The van der Waals surface area contributed by atoms with Gasteiger partial charge in [-0.2, -0.15) is 0 Å². The number of ketones is 1. The summed E-state index contributed by atoms with van der Waals surface area (Å²) in [6.45, 7) is 2.46. The molecule has 8 nitrogen and oxygen atoms in total. The van der Waals surface area contributed by atoms with Crippen molar-refractivity contribution >= 4 is 17.6 Å². The van der Waals surface area contributed by atoms with Crippen LogP contribution in [0.5, 0.6) is 0 Å². The van der Waals surface area contributed by atoms with Crippen molar-refractivity contribution in [2.24, 2.45) is 5.92 Å². The molecule has 2 aromatic rings. The maximum Gasteiger partial charge on any atom is 0.267 e. The van der Waals surface area contributed by atoms with Gasteiger partial charge in [-0.1, -0.05) is 48.3 Å². The molecule has 1 atom stereocenters. The Balaban J connectivity index is 1.20. The molecule has 8 heteroatoms. The van der Waals surface area contributed by atoms with Gasteiger partial charge < -0.3 is 10.2 Å². The van der Waals surface area contributed by atoms with Crippen molar-refractivity contribution in [1.82, 2.24) is 20.8 Å². The van der Waals surface area contributed by atoms with Gasteiger partial charge in [0, 0.05) is 36.7 Å². The molecule has 0 spiro atoms. The lowest BCUT2D eigenvalue weighted by Gasteiger charge is -2.36. The molecule has 178 valence electrons. The normalized spacial score (nSPS) is 21.2. The SMILES string of the molecule is O=C1NN(OCc2ccc(C(=O)N3CCNCC3C(=O)C3CCCC3)cc2)Cc2ccccc21. The number of fused-ring (bicyclic) bond motifs is 1. The third-order valence-electron chi connectivity index (χ3n) is 6.98. The Morgan fingerprint density at radius 3 is 2.59 bits per heavy atom. The molecule has 2 N–H and O–H groups in total. The second-order valence-corrected chi connectivity index (χ2v) is 9.21. The van der Waals surface area contributed by atoms with Crippen molar-refractivity contribution in [3.8, 4) is 0 Å². The van der Waals surface area contributed by atoms with Crippen LogP contribution in [0.15, 0.2) is 48.5 Å². The van der Waals surface area contributed by atoms with Crippen LogP contribution in [0.1, 0.15) is 57.5 Å². The molecule has 2 aromatic carbocycles. The smallest absolute Gasteiger partial charge is 0.267 e. The lowest BCUT2D eigenvalue weighted by atomic mass is 9.94. The van der Waals surface area contributed by atoms with Crippen LogP contribution in [0.4, 0.5) is 0 Å². The largest absolute Gasteiger partial charge is 0.326 e. The molecule has 0 bridgehead atoms. The minimum absolute atomic E-state index is 0.0852. The lowest BCUT2D eigenvalue weighted by molar-refractivity contribution is -0.205. The lowest BCUT2D eigenvalue weighted by Crippen LogP contribution is -2.58. The monoisotopic (exact) mass is 462 g/mol. The number of carbonyl (C=O) groups is 3. The zero-order chi connectivity index (χ0) is 23.5. The van der Waals surface area contributed by atoms with Crippen molar-refractivity contribution in [3.05, 3.63) is 70.8 Å². The Morgan fingerprint density at radius 2 is 1.79 bits per heavy atom. The van der Waals surface area contributed by atoms with E-state index in [4.69, 9.17) is 4.84 Å². The maximum atomic E-state index is 13.3. The van der Waals surface area contributed by atoms with E-state index in [1.54, 1.807) is 23.1 Å². The van der Waals surface area contributed by atoms with E-state index in [2.05, 4.69) is 10.7 Å². The van der Waals surface area contributed by atoms with Crippen molar-refractivity contribution in [1.29, 1.82) is 0 Å². The highest BCUT2D eigenvalue weighted by atomic mass is 16.7. The van der Waals surface area contributed by atoms with E-state index in [9.17, 15) is 14.4 Å². The Morgan fingerprint density at radius 1 is 1.03 bits per heavy atom. The minimum Gasteiger partial charge on any atom is -0.326 e. The summed E-state index contributed by atoms with van der Waals surface area (Å²) in [5.41, 5.74) is 5.73. The van der Waals surface area contributed by atoms with E-state index in [0.29, 0.717) is 37.3 Å². The van der Waals surface area contributed by atoms with Gasteiger partial charge in [0.05, 0.1) is 13.2 Å². The summed E-state index contributed by atoms with van der Waals surface area (Å²) >= 11 is 0. The van der Waals surface area contributed by atoms with Gasteiger partial charge in [-0.25, -0.2) is 0 Å². The molecule has 0 aromatic heterocycles. The molecular formula is C26H30N4O4. The number of Topliss-reactive ketones (excluding diaryl/α,β-unsaturated/α-hetero) is 1. The quantitative estimate of drug-likeness (QED) is 0.685. The van der Waals surface area contributed by atoms with E-state index in [1.807, 2.05) is 30.3 Å². The van der Waals surface area contributed by atoms with Crippen molar-refractivity contribution in [2.45, 2.75) is 44.9 Å². The number of hydroxylamine groups is 1. The molecule has 5 rings (SSSR count). The van der Waals surface area contributed by atoms with Crippen LogP contribution in [0, 0.1) is 5.92 Å². The average Bonchev–Trinajstić information content (AvgIpc) is 3.42. The first-order chi connectivity index (χ1) is 16.6. The highest BCUT2D eigenvalue weighted by molar-refractivity contribution is 5.99. The molecule has 2 fully saturated rings. The van der Waals surface area contributed by atoms with Crippen molar-refractivity contribution < 1.29 is 19.2 Å². The third-order valence-corrected chi connectivity index (χ3v) is 6.98. The molecule has 1 unspecified atom stereocenters. The van der Waals surface area contributed by atoms with Crippen molar-refractivity contribution in [3.63, 3.8) is 0 Å². The average molecular weight is 463 g/mol. The first-order valence-corrected chi connectivity index (χ1v) is 12.0. The van der Waals surface area contributed by atoms with Crippen LogP contribution in [0.2, 0.25) is 0 Å². The van der Waals surface area contributed by atoms with Crippen LogP contribution in [-0.2, 0) is 22.8 Å². The molecule has 0 radical (unpaired) electrons. The van der Waals surface area contributed by atoms with E-state index >= 15 is 0 Å². The van der Waals surface area contributed by atoms with Gasteiger partial charge in [0.25, 0.3) is 11.8 Å². The number of benzene rings is 2. The number of carbonyl (C=O) groups excluding carboxylic acids is 3. The Hall–Kier alpha value is -3.07. The molecule has 2 aliphatic heterocycles. The fourth-order valence-electron chi connectivity index (χ4n) is 5.07. The molecule has 3 aliphatic rings. The number of amides is 2. The zero-order valence-electron chi connectivity index (χ0n) is 19.2. The fraction of sp³-hybridized carbons (Fsp3) is 0.423. The Bertz CT molecular complexity index is 1060. The molecule has 1 aliphatic carbocycles. The Labute approximate surface area is 199 Å². The first kappa shape index (κ1) is 22.7. The summed E-state index contributed by atoms with van der Waals surface area (Å²) in [6.07, 6.45) is 4.08. The predicted molar refractivity (Wildman–Crippen MR) is 125 cm³/mol. The molecule has 2 heterocycles. The van der Waals surface area contributed by atoms with Crippen LogP contribution in [-0.4, -0.2) is 53.3 Å². The molecule has 34 heavy (non-hydrogen) atoms. The number of nitrogens with zero attached hydrogens (tertiary/aromatic N) is 2. The maximum absolute atomic E-state index is 13.3. The first-order valence-electron chi connectivity index (χ1n) is 12.0. The van der Waals surface area contributed by atoms with Crippen LogP contribution >= 0.6 is 0 Å². The number of hydrogen-bond donors (Lipinski definition) is 2. The van der Waals surface area contributed by atoms with Crippen molar-refractivity contribution in [2.75, 3.05) is 19.6 Å². The summed E-state index contributed by atoms with van der Waals surface area (Å²) in [5, 5.41) is 4.71. The fourth-order valence-corrected chi connectivity index (χ4v) is 5.07. The number of hydrogen-bond acceptors (Lipinski definition) is 6. The topological polar surface area (TPSA) is 91.0 Å². The summed E-state index contributed by atoms with van der Waals surface area (Å²) in [4.78, 5) is 46.1. The number of nitrogens with one attached hydrogen (secondary N) is 2. The van der Waals surface area contributed by atoms with Gasteiger partial charge in [-0.15, -0.1) is 0 Å². The summed E-state index contributed by atoms with van der Waals surface area (Å²) in [5.74, 6) is -0.0130. The Kier molecular flexibility index (Phi) is 6.71. The number of piperazine rings is 1. The van der Waals surface area contributed by atoms with Gasteiger partial charge in [-0.3, -0.25) is 24.6 Å². The van der Waals surface area contributed by atoms with Crippen LogP contribution in [0.3, 0.4) is 0 Å². The zero-order valence-corrected chi connectivity index (χ0v) is 19.2. The van der Waals surface area contributed by atoms with Gasteiger partial charge in [0.1, 0.15) is 6.04 Å². The highest BCUT2D eigenvalue weighted by Crippen LogP contribution is 2.28.